The molecule has 7 heteroatoms. The SMILES string of the molecule is C[C@H](O)CNC(=O)c1cc(Br)cc2n[nH]nc12. The molecule has 6 nitrogen and oxygen atoms in total. The Labute approximate surface area is 106 Å². The van der Waals surface area contributed by atoms with E-state index in [0.717, 1.165) is 4.47 Å². The maximum absolute atomic E-state index is 11.9. The lowest BCUT2D eigenvalue weighted by atomic mass is 10.1. The molecule has 1 atom stereocenters. The van der Waals surface area contributed by atoms with Gasteiger partial charge in [-0.25, -0.2) is 0 Å². The summed E-state index contributed by atoms with van der Waals surface area (Å²) in [6.45, 7) is 1.80. The fourth-order valence-corrected chi connectivity index (χ4v) is 1.87. The van der Waals surface area contributed by atoms with Gasteiger partial charge in [-0.3, -0.25) is 4.79 Å². The van der Waals surface area contributed by atoms with E-state index >= 15 is 0 Å². The van der Waals surface area contributed by atoms with Crippen molar-refractivity contribution >= 4 is 32.9 Å². The lowest BCUT2D eigenvalue weighted by molar-refractivity contribution is 0.0925. The van der Waals surface area contributed by atoms with Crippen molar-refractivity contribution in [1.29, 1.82) is 0 Å². The maximum Gasteiger partial charge on any atom is 0.253 e. The summed E-state index contributed by atoms with van der Waals surface area (Å²) in [5.41, 5.74) is 1.54. The highest BCUT2D eigenvalue weighted by Gasteiger charge is 2.14. The van der Waals surface area contributed by atoms with Gasteiger partial charge in [0, 0.05) is 11.0 Å². The van der Waals surface area contributed by atoms with Crippen molar-refractivity contribution in [1.82, 2.24) is 20.7 Å². The standard InChI is InChI=1S/C10H11BrN4O2/c1-5(16)4-12-10(17)7-2-6(11)3-8-9(7)14-15-13-8/h2-3,5,16H,4H2,1H3,(H,12,17)(H,13,14,15)/t5-/m0/s1. The van der Waals surface area contributed by atoms with Crippen LogP contribution in [0.2, 0.25) is 0 Å². The lowest BCUT2D eigenvalue weighted by Crippen LogP contribution is -2.30. The molecular formula is C10H11BrN4O2. The molecule has 0 bridgehead atoms. The van der Waals surface area contributed by atoms with E-state index in [1.54, 1.807) is 19.1 Å². The number of fused-ring (bicyclic) bond motifs is 1. The summed E-state index contributed by atoms with van der Waals surface area (Å²) in [5, 5.41) is 22.1. The molecule has 1 heterocycles. The number of amides is 1. The molecule has 90 valence electrons. The number of aliphatic hydroxyl groups excluding tert-OH is 1. The molecule has 0 aliphatic rings. The van der Waals surface area contributed by atoms with Crippen molar-refractivity contribution in [2.75, 3.05) is 6.54 Å². The Morgan fingerprint density at radius 3 is 3.06 bits per heavy atom. The molecule has 17 heavy (non-hydrogen) atoms. The highest BCUT2D eigenvalue weighted by molar-refractivity contribution is 9.10. The summed E-state index contributed by atoms with van der Waals surface area (Å²) in [4.78, 5) is 11.9. The van der Waals surface area contributed by atoms with Crippen molar-refractivity contribution in [2.24, 2.45) is 0 Å². The van der Waals surface area contributed by atoms with Gasteiger partial charge < -0.3 is 10.4 Å². The fourth-order valence-electron chi connectivity index (χ4n) is 1.43. The molecule has 0 aliphatic heterocycles. The summed E-state index contributed by atoms with van der Waals surface area (Å²) in [6.07, 6.45) is -0.584. The van der Waals surface area contributed by atoms with Crippen LogP contribution in [-0.2, 0) is 0 Å². The number of halogens is 1. The number of benzene rings is 1. The Hall–Kier alpha value is -1.47. The zero-order valence-corrected chi connectivity index (χ0v) is 10.7. The van der Waals surface area contributed by atoms with Crippen LogP contribution in [0.4, 0.5) is 0 Å². The number of aromatic amines is 1. The highest BCUT2D eigenvalue weighted by Crippen LogP contribution is 2.20. The Kier molecular flexibility index (Phi) is 3.39. The largest absolute Gasteiger partial charge is 0.392 e. The van der Waals surface area contributed by atoms with Crippen molar-refractivity contribution < 1.29 is 9.90 Å². The average Bonchev–Trinajstić information content (AvgIpc) is 2.72. The molecule has 1 aromatic carbocycles. The molecule has 1 aromatic heterocycles. The first-order valence-electron chi connectivity index (χ1n) is 5.04. The molecule has 0 spiro atoms. The second-order valence-electron chi connectivity index (χ2n) is 3.70. The summed E-state index contributed by atoms with van der Waals surface area (Å²) in [5.74, 6) is -0.286. The Morgan fingerprint density at radius 2 is 2.35 bits per heavy atom. The van der Waals surface area contributed by atoms with Crippen LogP contribution in [0, 0.1) is 0 Å². The normalized spacial score (nSPS) is 12.6. The van der Waals surface area contributed by atoms with Gasteiger partial charge in [-0.15, -0.1) is 0 Å². The molecule has 1 amide bonds. The Morgan fingerprint density at radius 1 is 1.59 bits per heavy atom. The number of aromatic nitrogens is 3. The summed E-state index contributed by atoms with van der Waals surface area (Å²) in [6, 6.07) is 3.44. The monoisotopic (exact) mass is 298 g/mol. The number of H-pyrrole nitrogens is 1. The predicted octanol–water partition coefficient (Wildman–Crippen LogP) is 0.831. The van der Waals surface area contributed by atoms with Gasteiger partial charge in [0.15, 0.2) is 0 Å². The summed E-state index contributed by atoms with van der Waals surface area (Å²) < 4.78 is 0.751. The third kappa shape index (κ3) is 2.62. The van der Waals surface area contributed by atoms with E-state index in [0.29, 0.717) is 16.6 Å². The lowest BCUT2D eigenvalue weighted by Gasteiger charge is -2.07. The average molecular weight is 299 g/mol. The van der Waals surface area contributed by atoms with Crippen LogP contribution in [-0.4, -0.2) is 39.1 Å². The van der Waals surface area contributed by atoms with Crippen LogP contribution in [0.25, 0.3) is 11.0 Å². The Bertz CT molecular complexity index is 552. The number of carbonyl (C=O) groups excluding carboxylic acids is 1. The van der Waals surface area contributed by atoms with Crippen LogP contribution in [0.1, 0.15) is 17.3 Å². The van der Waals surface area contributed by atoms with Crippen molar-refractivity contribution in [3.05, 3.63) is 22.2 Å². The van der Waals surface area contributed by atoms with E-state index in [-0.39, 0.29) is 12.5 Å². The van der Waals surface area contributed by atoms with Gasteiger partial charge in [-0.1, -0.05) is 15.9 Å². The number of hydrogen-bond donors (Lipinski definition) is 3. The van der Waals surface area contributed by atoms with E-state index in [9.17, 15) is 4.79 Å². The van der Waals surface area contributed by atoms with E-state index in [4.69, 9.17) is 5.11 Å². The van der Waals surface area contributed by atoms with E-state index < -0.39 is 6.10 Å². The summed E-state index contributed by atoms with van der Waals surface area (Å²) in [7, 11) is 0. The van der Waals surface area contributed by atoms with E-state index in [1.165, 1.54) is 0 Å². The van der Waals surface area contributed by atoms with Crippen molar-refractivity contribution in [2.45, 2.75) is 13.0 Å². The van der Waals surface area contributed by atoms with E-state index in [2.05, 4.69) is 36.7 Å². The first-order valence-corrected chi connectivity index (χ1v) is 5.83. The number of carbonyl (C=O) groups is 1. The molecule has 3 N–H and O–H groups in total. The quantitative estimate of drug-likeness (QED) is 0.783. The molecule has 0 saturated carbocycles. The molecule has 2 rings (SSSR count). The minimum atomic E-state index is -0.584. The van der Waals surface area contributed by atoms with Gasteiger partial charge >= 0.3 is 0 Å². The number of rotatable bonds is 3. The van der Waals surface area contributed by atoms with E-state index in [1.807, 2.05) is 0 Å². The fraction of sp³-hybridized carbons (Fsp3) is 0.300. The molecule has 0 aliphatic carbocycles. The minimum Gasteiger partial charge on any atom is -0.392 e. The predicted molar refractivity (Wildman–Crippen MR) is 65.6 cm³/mol. The topological polar surface area (TPSA) is 90.9 Å². The minimum absolute atomic E-state index is 0.199. The van der Waals surface area contributed by atoms with Crippen molar-refractivity contribution in [3.63, 3.8) is 0 Å². The number of nitrogens with zero attached hydrogens (tertiary/aromatic N) is 2. The van der Waals surface area contributed by atoms with Gasteiger partial charge in [0.1, 0.15) is 11.0 Å². The smallest absolute Gasteiger partial charge is 0.253 e. The van der Waals surface area contributed by atoms with Gasteiger partial charge in [0.05, 0.1) is 11.7 Å². The first kappa shape index (κ1) is 12.0. The molecule has 0 radical (unpaired) electrons. The van der Waals surface area contributed by atoms with Crippen molar-refractivity contribution in [3.8, 4) is 0 Å². The third-order valence-corrected chi connectivity index (χ3v) is 2.65. The zero-order chi connectivity index (χ0) is 12.4. The number of nitrogens with one attached hydrogen (secondary N) is 2. The van der Waals surface area contributed by atoms with Crippen LogP contribution in [0.5, 0.6) is 0 Å². The maximum atomic E-state index is 11.9. The van der Waals surface area contributed by atoms with Gasteiger partial charge in [0.2, 0.25) is 0 Å². The Balaban J connectivity index is 2.33. The molecule has 0 fully saturated rings. The molecule has 2 aromatic rings. The molecular weight excluding hydrogens is 288 g/mol. The summed E-state index contributed by atoms with van der Waals surface area (Å²) >= 11 is 3.31. The van der Waals surface area contributed by atoms with Crippen LogP contribution in [0.15, 0.2) is 16.6 Å². The molecule has 0 saturated heterocycles. The first-order chi connectivity index (χ1) is 8.08. The number of aliphatic hydroxyl groups is 1. The zero-order valence-electron chi connectivity index (χ0n) is 9.07. The van der Waals surface area contributed by atoms with Crippen LogP contribution < -0.4 is 5.32 Å². The second-order valence-corrected chi connectivity index (χ2v) is 4.62. The van der Waals surface area contributed by atoms with Gasteiger partial charge in [-0.05, 0) is 19.1 Å². The second kappa shape index (κ2) is 4.80. The van der Waals surface area contributed by atoms with Crippen LogP contribution in [0.3, 0.4) is 0 Å². The molecule has 0 unspecified atom stereocenters. The third-order valence-electron chi connectivity index (χ3n) is 2.19. The van der Waals surface area contributed by atoms with Crippen LogP contribution >= 0.6 is 15.9 Å². The number of hydrogen-bond acceptors (Lipinski definition) is 4. The highest BCUT2D eigenvalue weighted by atomic mass is 79.9. The van der Waals surface area contributed by atoms with Gasteiger partial charge in [0.25, 0.3) is 5.91 Å². The van der Waals surface area contributed by atoms with Gasteiger partial charge in [-0.2, -0.15) is 15.4 Å².